The van der Waals surface area contributed by atoms with E-state index >= 15 is 0 Å². The standard InChI is InChI=1S/C16H11F3O4/c1-9-7-13(21)14(15(22)23-9)12(20)6-5-10-3-2-4-11(8-10)16(17,18)19/h2-8,14H,1H3. The van der Waals surface area contributed by atoms with E-state index < -0.39 is 35.2 Å². The molecule has 0 aromatic heterocycles. The lowest BCUT2D eigenvalue weighted by atomic mass is 9.96. The van der Waals surface area contributed by atoms with Gasteiger partial charge in [-0.25, -0.2) is 0 Å². The summed E-state index contributed by atoms with van der Waals surface area (Å²) in [6, 6.07) is 4.31. The first-order valence-corrected chi connectivity index (χ1v) is 6.51. The van der Waals surface area contributed by atoms with Crippen LogP contribution in [0.5, 0.6) is 0 Å². The number of hydrogen-bond acceptors (Lipinski definition) is 4. The van der Waals surface area contributed by atoms with E-state index in [0.717, 1.165) is 30.4 Å². The molecule has 7 heteroatoms. The Kier molecular flexibility index (Phi) is 4.49. The minimum absolute atomic E-state index is 0.0888. The minimum atomic E-state index is -4.50. The number of rotatable bonds is 3. The second kappa shape index (κ2) is 6.20. The molecule has 1 aliphatic rings. The monoisotopic (exact) mass is 324 g/mol. The van der Waals surface area contributed by atoms with Crippen molar-refractivity contribution in [2.24, 2.45) is 5.92 Å². The normalized spacial score (nSPS) is 18.8. The number of halogens is 3. The number of ketones is 2. The first-order valence-electron chi connectivity index (χ1n) is 6.51. The van der Waals surface area contributed by atoms with Gasteiger partial charge in [-0.1, -0.05) is 18.2 Å². The molecule has 1 atom stereocenters. The molecule has 1 heterocycles. The zero-order valence-corrected chi connectivity index (χ0v) is 11.9. The van der Waals surface area contributed by atoms with Crippen molar-refractivity contribution in [3.05, 3.63) is 53.3 Å². The van der Waals surface area contributed by atoms with Crippen LogP contribution in [0.15, 0.2) is 42.2 Å². The van der Waals surface area contributed by atoms with Gasteiger partial charge < -0.3 is 4.74 Å². The Balaban J connectivity index is 2.19. The largest absolute Gasteiger partial charge is 0.430 e. The van der Waals surface area contributed by atoms with Crippen LogP contribution in [0.3, 0.4) is 0 Å². The van der Waals surface area contributed by atoms with Crippen LogP contribution < -0.4 is 0 Å². The molecule has 1 aromatic rings. The number of esters is 1. The third-order valence-corrected chi connectivity index (χ3v) is 3.07. The maximum atomic E-state index is 12.6. The van der Waals surface area contributed by atoms with E-state index in [4.69, 9.17) is 4.74 Å². The van der Waals surface area contributed by atoms with Gasteiger partial charge in [0.05, 0.1) is 5.56 Å². The summed E-state index contributed by atoms with van der Waals surface area (Å²) < 4.78 is 42.5. The molecule has 120 valence electrons. The van der Waals surface area contributed by atoms with Crippen LogP contribution in [0.4, 0.5) is 13.2 Å². The molecule has 0 amide bonds. The number of carbonyl (C=O) groups excluding carboxylic acids is 3. The Labute approximate surface area is 129 Å². The highest BCUT2D eigenvalue weighted by Gasteiger charge is 2.36. The van der Waals surface area contributed by atoms with Gasteiger partial charge >= 0.3 is 12.1 Å². The maximum Gasteiger partial charge on any atom is 0.416 e. The molecule has 0 bridgehead atoms. The second-order valence-corrected chi connectivity index (χ2v) is 4.87. The Hall–Kier alpha value is -2.70. The van der Waals surface area contributed by atoms with E-state index in [1.807, 2.05) is 0 Å². The number of ether oxygens (including phenoxy) is 1. The molecule has 1 unspecified atom stereocenters. The lowest BCUT2D eigenvalue weighted by molar-refractivity contribution is -0.151. The number of allylic oxidation sites excluding steroid dienone is 3. The molecule has 2 rings (SSSR count). The topological polar surface area (TPSA) is 60.4 Å². The van der Waals surface area contributed by atoms with Gasteiger partial charge in [0, 0.05) is 6.08 Å². The van der Waals surface area contributed by atoms with Crippen LogP contribution in [0.2, 0.25) is 0 Å². The van der Waals surface area contributed by atoms with Crippen molar-refractivity contribution in [3.8, 4) is 0 Å². The van der Waals surface area contributed by atoms with Crippen LogP contribution in [0, 0.1) is 5.92 Å². The van der Waals surface area contributed by atoms with Gasteiger partial charge in [-0.3, -0.25) is 14.4 Å². The molecule has 0 aliphatic carbocycles. The molecule has 0 fully saturated rings. The molecule has 0 spiro atoms. The summed E-state index contributed by atoms with van der Waals surface area (Å²) in [6.07, 6.45) is -1.46. The smallest absolute Gasteiger partial charge is 0.416 e. The van der Waals surface area contributed by atoms with Crippen LogP contribution in [-0.4, -0.2) is 17.5 Å². The predicted octanol–water partition coefficient (Wildman–Crippen LogP) is 2.93. The summed E-state index contributed by atoms with van der Waals surface area (Å²) in [4.78, 5) is 35.2. The van der Waals surface area contributed by atoms with Crippen LogP contribution in [0.25, 0.3) is 6.08 Å². The van der Waals surface area contributed by atoms with Gasteiger partial charge in [-0.15, -0.1) is 0 Å². The molecule has 1 aliphatic heterocycles. The fraction of sp³-hybridized carbons (Fsp3) is 0.188. The molecule has 1 aromatic carbocycles. The van der Waals surface area contributed by atoms with E-state index in [9.17, 15) is 27.6 Å². The van der Waals surface area contributed by atoms with Crippen molar-refractivity contribution >= 4 is 23.6 Å². The molecule has 0 N–H and O–H groups in total. The highest BCUT2D eigenvalue weighted by Crippen LogP contribution is 2.29. The van der Waals surface area contributed by atoms with Crippen LogP contribution >= 0.6 is 0 Å². The quantitative estimate of drug-likeness (QED) is 0.487. The first kappa shape index (κ1) is 16.7. The fourth-order valence-corrected chi connectivity index (χ4v) is 2.00. The number of benzene rings is 1. The summed E-state index contributed by atoms with van der Waals surface area (Å²) in [5, 5.41) is 0. The van der Waals surface area contributed by atoms with E-state index in [2.05, 4.69) is 0 Å². The van der Waals surface area contributed by atoms with E-state index in [0.29, 0.717) is 0 Å². The Bertz CT molecular complexity index is 729. The van der Waals surface area contributed by atoms with Crippen molar-refractivity contribution in [2.45, 2.75) is 13.1 Å². The van der Waals surface area contributed by atoms with Gasteiger partial charge in [0.15, 0.2) is 17.5 Å². The van der Waals surface area contributed by atoms with Crippen molar-refractivity contribution < 1.29 is 32.3 Å². The van der Waals surface area contributed by atoms with Crippen molar-refractivity contribution in [1.29, 1.82) is 0 Å². The number of alkyl halides is 3. The summed E-state index contributed by atoms with van der Waals surface area (Å²) in [5.41, 5.74) is -0.740. The van der Waals surface area contributed by atoms with E-state index in [1.165, 1.54) is 19.1 Å². The van der Waals surface area contributed by atoms with Crippen LogP contribution in [-0.2, 0) is 25.3 Å². The zero-order valence-electron chi connectivity index (χ0n) is 11.9. The highest BCUT2D eigenvalue weighted by molar-refractivity contribution is 6.25. The summed E-state index contributed by atoms with van der Waals surface area (Å²) in [5.74, 6) is -4.07. The van der Waals surface area contributed by atoms with Gasteiger partial charge in [0.2, 0.25) is 0 Å². The molecule has 23 heavy (non-hydrogen) atoms. The number of carbonyl (C=O) groups is 3. The average molecular weight is 324 g/mol. The first-order chi connectivity index (χ1) is 10.7. The van der Waals surface area contributed by atoms with Gasteiger partial charge in [-0.05, 0) is 30.7 Å². The molecular weight excluding hydrogens is 313 g/mol. The van der Waals surface area contributed by atoms with Gasteiger partial charge in [-0.2, -0.15) is 13.2 Å². The van der Waals surface area contributed by atoms with Gasteiger partial charge in [0.25, 0.3) is 0 Å². The highest BCUT2D eigenvalue weighted by atomic mass is 19.4. The Morgan fingerprint density at radius 1 is 1.26 bits per heavy atom. The third-order valence-electron chi connectivity index (χ3n) is 3.07. The van der Waals surface area contributed by atoms with Crippen molar-refractivity contribution in [2.75, 3.05) is 0 Å². The lowest BCUT2D eigenvalue weighted by Crippen LogP contribution is -2.34. The van der Waals surface area contributed by atoms with E-state index in [1.54, 1.807) is 0 Å². The molecule has 0 saturated carbocycles. The third kappa shape index (κ3) is 3.94. The average Bonchev–Trinajstić information content (AvgIpc) is 2.43. The fourth-order valence-electron chi connectivity index (χ4n) is 2.00. The van der Waals surface area contributed by atoms with Crippen molar-refractivity contribution in [1.82, 2.24) is 0 Å². The SMILES string of the molecule is CC1=CC(=O)C(C(=O)C=Cc2cccc(C(F)(F)F)c2)C(=O)O1. The summed E-state index contributed by atoms with van der Waals surface area (Å²) >= 11 is 0. The summed E-state index contributed by atoms with van der Waals surface area (Å²) in [6.45, 7) is 1.40. The molecule has 4 nitrogen and oxygen atoms in total. The van der Waals surface area contributed by atoms with Gasteiger partial charge in [0.1, 0.15) is 5.76 Å². The minimum Gasteiger partial charge on any atom is -0.430 e. The number of hydrogen-bond donors (Lipinski definition) is 0. The van der Waals surface area contributed by atoms with Crippen molar-refractivity contribution in [3.63, 3.8) is 0 Å². The predicted molar refractivity (Wildman–Crippen MR) is 73.8 cm³/mol. The zero-order chi connectivity index (χ0) is 17.2. The summed E-state index contributed by atoms with van der Waals surface area (Å²) in [7, 11) is 0. The number of cyclic esters (lactones) is 1. The van der Waals surface area contributed by atoms with Crippen LogP contribution in [0.1, 0.15) is 18.1 Å². The maximum absolute atomic E-state index is 12.6. The molecule has 0 saturated heterocycles. The van der Waals surface area contributed by atoms with E-state index in [-0.39, 0.29) is 11.3 Å². The second-order valence-electron chi connectivity index (χ2n) is 4.87. The molecular formula is C16H11F3O4. The Morgan fingerprint density at radius 3 is 2.57 bits per heavy atom. The molecule has 0 radical (unpaired) electrons. The lowest BCUT2D eigenvalue weighted by Gasteiger charge is -2.15. The Morgan fingerprint density at radius 2 is 1.96 bits per heavy atom.